The number of nitrogens with two attached hydrogens (primary N) is 1. The van der Waals surface area contributed by atoms with Crippen LogP contribution in [0.5, 0.6) is 0 Å². The highest BCUT2D eigenvalue weighted by atomic mass is 32.1. The average Bonchev–Trinajstić information content (AvgIpc) is 2.93. The lowest BCUT2D eigenvalue weighted by Gasteiger charge is -2.10. The van der Waals surface area contributed by atoms with Crippen molar-refractivity contribution in [3.63, 3.8) is 0 Å². The number of aromatic nitrogens is 1. The van der Waals surface area contributed by atoms with E-state index in [0.29, 0.717) is 5.56 Å². The van der Waals surface area contributed by atoms with Crippen molar-refractivity contribution in [1.82, 2.24) is 4.98 Å². The molecule has 0 amide bonds. The number of nitrogen functional groups attached to an aromatic ring is 1. The van der Waals surface area contributed by atoms with E-state index in [2.05, 4.69) is 11.1 Å². The lowest BCUT2D eigenvalue weighted by molar-refractivity contribution is 1.31. The van der Waals surface area contributed by atoms with Crippen molar-refractivity contribution >= 4 is 17.2 Å². The Morgan fingerprint density at radius 1 is 1.14 bits per heavy atom. The molecule has 0 spiro atoms. The highest BCUT2D eigenvalue weighted by Gasteiger charge is 2.15. The van der Waals surface area contributed by atoms with Crippen molar-refractivity contribution in [3.05, 3.63) is 58.5 Å². The summed E-state index contributed by atoms with van der Waals surface area (Å²) in [6.07, 6.45) is 0. The molecule has 1 aromatic carbocycles. The highest BCUT2D eigenvalue weighted by Crippen LogP contribution is 2.35. The second kappa shape index (κ2) is 5.63. The second-order valence-electron chi connectivity index (χ2n) is 5.23. The molecule has 0 aliphatic carbocycles. The molecular formula is C18H15N3S. The minimum absolute atomic E-state index is 0.281. The summed E-state index contributed by atoms with van der Waals surface area (Å²) in [6.45, 7) is 4.08. The predicted molar refractivity (Wildman–Crippen MR) is 91.6 cm³/mol. The van der Waals surface area contributed by atoms with Gasteiger partial charge in [0.15, 0.2) is 0 Å². The number of hydrogen-bond acceptors (Lipinski definition) is 4. The Labute approximate surface area is 133 Å². The molecule has 0 atom stereocenters. The van der Waals surface area contributed by atoms with Gasteiger partial charge < -0.3 is 5.73 Å². The van der Waals surface area contributed by atoms with Gasteiger partial charge in [-0.05, 0) is 36.9 Å². The fraction of sp³-hybridized carbons (Fsp3) is 0.111. The molecule has 0 radical (unpaired) electrons. The third kappa shape index (κ3) is 2.47. The van der Waals surface area contributed by atoms with Crippen molar-refractivity contribution in [2.45, 2.75) is 13.8 Å². The summed E-state index contributed by atoms with van der Waals surface area (Å²) in [5.41, 5.74) is 11.5. The summed E-state index contributed by atoms with van der Waals surface area (Å²) < 4.78 is 0. The summed E-state index contributed by atoms with van der Waals surface area (Å²) in [7, 11) is 0. The zero-order valence-electron chi connectivity index (χ0n) is 12.4. The van der Waals surface area contributed by atoms with Gasteiger partial charge in [-0.15, -0.1) is 11.3 Å². The van der Waals surface area contributed by atoms with Crippen molar-refractivity contribution in [1.29, 1.82) is 5.26 Å². The van der Waals surface area contributed by atoms with Gasteiger partial charge in [0.1, 0.15) is 17.5 Å². The number of pyridine rings is 1. The molecule has 0 unspecified atom stereocenters. The molecule has 0 bridgehead atoms. The lowest BCUT2D eigenvalue weighted by Crippen LogP contribution is -1.99. The van der Waals surface area contributed by atoms with Gasteiger partial charge in [0.2, 0.25) is 0 Å². The van der Waals surface area contributed by atoms with Gasteiger partial charge in [0.05, 0.1) is 5.69 Å². The smallest absolute Gasteiger partial charge is 0.142 e. The maximum Gasteiger partial charge on any atom is 0.142 e. The minimum atomic E-state index is 0.281. The molecule has 0 aliphatic rings. The van der Waals surface area contributed by atoms with E-state index in [4.69, 9.17) is 5.73 Å². The fourth-order valence-electron chi connectivity index (χ4n) is 2.38. The van der Waals surface area contributed by atoms with E-state index in [1.54, 1.807) is 11.3 Å². The van der Waals surface area contributed by atoms with Crippen LogP contribution in [0, 0.1) is 25.2 Å². The normalized spacial score (nSPS) is 10.4. The zero-order chi connectivity index (χ0) is 15.7. The third-order valence-corrected chi connectivity index (χ3v) is 4.66. The first-order chi connectivity index (χ1) is 10.6. The maximum atomic E-state index is 9.42. The first kappa shape index (κ1) is 14.3. The molecule has 3 rings (SSSR count). The van der Waals surface area contributed by atoms with E-state index in [1.165, 1.54) is 5.56 Å². The van der Waals surface area contributed by atoms with Gasteiger partial charge in [-0.2, -0.15) is 5.26 Å². The number of nitriles is 1. The van der Waals surface area contributed by atoms with Gasteiger partial charge in [-0.3, -0.25) is 0 Å². The fourth-order valence-corrected chi connectivity index (χ4v) is 3.33. The largest absolute Gasteiger partial charge is 0.383 e. The second-order valence-corrected chi connectivity index (χ2v) is 6.14. The SMILES string of the molecule is Cc1ccc(-c2cc(-c3sccc3C)c(C#N)c(N)n2)cc1. The van der Waals surface area contributed by atoms with Crippen molar-refractivity contribution in [2.75, 3.05) is 5.73 Å². The Bertz CT molecular complexity index is 870. The molecule has 3 nitrogen and oxygen atoms in total. The number of benzene rings is 1. The van der Waals surface area contributed by atoms with Crippen molar-refractivity contribution < 1.29 is 0 Å². The average molecular weight is 305 g/mol. The number of nitrogens with zero attached hydrogens (tertiary/aromatic N) is 2. The van der Waals surface area contributed by atoms with Crippen molar-refractivity contribution in [2.24, 2.45) is 0 Å². The molecule has 2 N–H and O–H groups in total. The van der Waals surface area contributed by atoms with Gasteiger partial charge in [-0.25, -0.2) is 4.98 Å². The third-order valence-electron chi connectivity index (χ3n) is 3.61. The number of rotatable bonds is 2. The Hall–Kier alpha value is -2.64. The monoisotopic (exact) mass is 305 g/mol. The van der Waals surface area contributed by atoms with Crippen molar-refractivity contribution in [3.8, 4) is 27.8 Å². The van der Waals surface area contributed by atoms with Gasteiger partial charge in [0.25, 0.3) is 0 Å². The maximum absolute atomic E-state index is 9.42. The highest BCUT2D eigenvalue weighted by molar-refractivity contribution is 7.13. The van der Waals surface area contributed by atoms with Crippen LogP contribution in [0.25, 0.3) is 21.7 Å². The lowest BCUT2D eigenvalue weighted by atomic mass is 10.0. The Morgan fingerprint density at radius 3 is 2.45 bits per heavy atom. The standard InChI is InChI=1S/C18H15N3S/c1-11-3-5-13(6-4-11)16-9-14(15(10-19)18(20)21-16)17-12(2)7-8-22-17/h3-9H,1-2H3,(H2,20,21). The predicted octanol–water partition coefficient (Wildman–Crippen LogP) is 4.55. The molecule has 22 heavy (non-hydrogen) atoms. The Morgan fingerprint density at radius 2 is 1.86 bits per heavy atom. The quantitative estimate of drug-likeness (QED) is 0.755. The van der Waals surface area contributed by atoms with Crippen LogP contribution in [0.3, 0.4) is 0 Å². The summed E-state index contributed by atoms with van der Waals surface area (Å²) in [6, 6.07) is 14.3. The summed E-state index contributed by atoms with van der Waals surface area (Å²) in [5, 5.41) is 11.4. The van der Waals surface area contributed by atoms with Crippen LogP contribution in [0.4, 0.5) is 5.82 Å². The van der Waals surface area contributed by atoms with Crippen LogP contribution in [0.15, 0.2) is 41.8 Å². The molecule has 108 valence electrons. The van der Waals surface area contributed by atoms with Crippen LogP contribution >= 0.6 is 11.3 Å². The first-order valence-corrected chi connectivity index (χ1v) is 7.80. The van der Waals surface area contributed by atoms with Crippen LogP contribution in [-0.4, -0.2) is 4.98 Å². The molecular weight excluding hydrogens is 290 g/mol. The topological polar surface area (TPSA) is 62.7 Å². The summed E-state index contributed by atoms with van der Waals surface area (Å²) in [5.74, 6) is 0.281. The number of thiophene rings is 1. The molecule has 0 fully saturated rings. The van der Waals surface area contributed by atoms with Crippen LogP contribution < -0.4 is 5.73 Å². The zero-order valence-corrected chi connectivity index (χ0v) is 13.2. The van der Waals surface area contributed by atoms with E-state index >= 15 is 0 Å². The Kier molecular flexibility index (Phi) is 3.66. The number of hydrogen-bond donors (Lipinski definition) is 1. The number of anilines is 1. The molecule has 2 aromatic heterocycles. The van der Waals surface area contributed by atoms with E-state index in [1.807, 2.05) is 55.6 Å². The van der Waals surface area contributed by atoms with Gasteiger partial charge in [0, 0.05) is 16.0 Å². The van der Waals surface area contributed by atoms with Gasteiger partial charge >= 0.3 is 0 Å². The molecule has 0 saturated heterocycles. The first-order valence-electron chi connectivity index (χ1n) is 6.92. The van der Waals surface area contributed by atoms with E-state index in [0.717, 1.165) is 27.3 Å². The molecule has 4 heteroatoms. The van der Waals surface area contributed by atoms with E-state index in [9.17, 15) is 5.26 Å². The van der Waals surface area contributed by atoms with Crippen LogP contribution in [0.2, 0.25) is 0 Å². The van der Waals surface area contributed by atoms with Gasteiger partial charge in [-0.1, -0.05) is 29.8 Å². The molecule has 0 saturated carbocycles. The van der Waals surface area contributed by atoms with Crippen LogP contribution in [-0.2, 0) is 0 Å². The molecule has 0 aliphatic heterocycles. The summed E-state index contributed by atoms with van der Waals surface area (Å²) >= 11 is 1.61. The Balaban J connectivity index is 2.23. The molecule has 2 heterocycles. The summed E-state index contributed by atoms with van der Waals surface area (Å²) in [4.78, 5) is 5.47. The van der Waals surface area contributed by atoms with Crippen LogP contribution in [0.1, 0.15) is 16.7 Å². The van der Waals surface area contributed by atoms with E-state index in [-0.39, 0.29) is 5.82 Å². The number of aryl methyl sites for hydroxylation is 2. The minimum Gasteiger partial charge on any atom is -0.383 e. The molecule has 3 aromatic rings. The van der Waals surface area contributed by atoms with E-state index < -0.39 is 0 Å².